The van der Waals surface area contributed by atoms with Crippen LogP contribution in [0.1, 0.15) is 12.5 Å². The molecular formula is C22H23N3O4S. The zero-order valence-electron chi connectivity index (χ0n) is 16.8. The molecule has 0 fully saturated rings. The summed E-state index contributed by atoms with van der Waals surface area (Å²) in [5.41, 5.74) is 1.40. The first-order valence-electron chi connectivity index (χ1n) is 9.44. The maximum Gasteiger partial charge on any atom is 0.287 e. The number of ether oxygens (including phenoxy) is 2. The lowest BCUT2D eigenvalue weighted by atomic mass is 10.2. The van der Waals surface area contributed by atoms with E-state index < -0.39 is 0 Å². The Kier molecular flexibility index (Phi) is 7.51. The van der Waals surface area contributed by atoms with Crippen LogP contribution in [0.25, 0.3) is 5.69 Å². The molecule has 0 aliphatic rings. The van der Waals surface area contributed by atoms with Gasteiger partial charge in [0.1, 0.15) is 11.5 Å². The van der Waals surface area contributed by atoms with Crippen molar-refractivity contribution < 1.29 is 14.3 Å². The molecule has 0 aliphatic heterocycles. The maximum atomic E-state index is 12.7. The number of thioether (sulfide) groups is 1. The van der Waals surface area contributed by atoms with E-state index in [9.17, 15) is 9.59 Å². The number of benzene rings is 2. The van der Waals surface area contributed by atoms with Gasteiger partial charge in [-0.2, -0.15) is 0 Å². The summed E-state index contributed by atoms with van der Waals surface area (Å²) in [5, 5.41) is 3.11. The largest absolute Gasteiger partial charge is 0.497 e. The molecule has 3 rings (SSSR count). The number of methoxy groups -OCH3 is 1. The van der Waals surface area contributed by atoms with E-state index in [2.05, 4.69) is 10.3 Å². The summed E-state index contributed by atoms with van der Waals surface area (Å²) >= 11 is 1.12. The van der Waals surface area contributed by atoms with E-state index in [4.69, 9.17) is 9.47 Å². The number of rotatable bonds is 9. The van der Waals surface area contributed by atoms with E-state index in [1.165, 1.54) is 4.57 Å². The zero-order valence-corrected chi connectivity index (χ0v) is 17.6. The van der Waals surface area contributed by atoms with Gasteiger partial charge in [-0.05, 0) is 48.9 Å². The van der Waals surface area contributed by atoms with Gasteiger partial charge in [0.2, 0.25) is 5.91 Å². The average molecular weight is 426 g/mol. The molecular weight excluding hydrogens is 402 g/mol. The number of hydrogen-bond acceptors (Lipinski definition) is 6. The molecule has 0 unspecified atom stereocenters. The fraction of sp³-hybridized carbons (Fsp3) is 0.227. The Hall–Kier alpha value is -3.26. The second kappa shape index (κ2) is 10.5. The van der Waals surface area contributed by atoms with Crippen molar-refractivity contribution in [2.24, 2.45) is 0 Å². The molecule has 8 heteroatoms. The molecule has 0 radical (unpaired) electrons. The van der Waals surface area contributed by atoms with Crippen LogP contribution >= 0.6 is 11.8 Å². The number of amides is 1. The molecule has 30 heavy (non-hydrogen) atoms. The van der Waals surface area contributed by atoms with Crippen molar-refractivity contribution in [2.45, 2.75) is 18.5 Å². The number of nitrogens with one attached hydrogen (secondary N) is 1. The molecule has 7 nitrogen and oxygen atoms in total. The third kappa shape index (κ3) is 5.64. The van der Waals surface area contributed by atoms with Crippen molar-refractivity contribution >= 4 is 17.7 Å². The van der Waals surface area contributed by atoms with E-state index >= 15 is 0 Å². The van der Waals surface area contributed by atoms with Crippen LogP contribution in [0.15, 0.2) is 70.7 Å². The highest BCUT2D eigenvalue weighted by molar-refractivity contribution is 7.99. The highest BCUT2D eigenvalue weighted by Crippen LogP contribution is 2.16. The molecule has 1 heterocycles. The monoisotopic (exact) mass is 425 g/mol. The molecule has 0 atom stereocenters. The minimum Gasteiger partial charge on any atom is -0.497 e. The smallest absolute Gasteiger partial charge is 0.287 e. The Labute approximate surface area is 179 Å². The van der Waals surface area contributed by atoms with E-state index in [-0.39, 0.29) is 22.2 Å². The van der Waals surface area contributed by atoms with Crippen molar-refractivity contribution in [3.05, 3.63) is 76.8 Å². The normalized spacial score (nSPS) is 10.5. The summed E-state index contributed by atoms with van der Waals surface area (Å²) < 4.78 is 12.0. The molecule has 3 aromatic rings. The van der Waals surface area contributed by atoms with Gasteiger partial charge in [0.25, 0.3) is 5.56 Å². The Bertz CT molecular complexity index is 1030. The first-order valence-corrected chi connectivity index (χ1v) is 10.4. The summed E-state index contributed by atoms with van der Waals surface area (Å²) in [4.78, 5) is 29.0. The maximum absolute atomic E-state index is 12.7. The van der Waals surface area contributed by atoms with Gasteiger partial charge in [-0.25, -0.2) is 4.98 Å². The molecule has 0 spiro atoms. The first kappa shape index (κ1) is 21.4. The van der Waals surface area contributed by atoms with Crippen LogP contribution in [0.5, 0.6) is 11.5 Å². The summed E-state index contributed by atoms with van der Waals surface area (Å²) in [6, 6.07) is 14.7. The second-order valence-electron chi connectivity index (χ2n) is 6.25. The number of hydrogen-bond donors (Lipinski definition) is 1. The molecule has 0 saturated heterocycles. The van der Waals surface area contributed by atoms with Crippen molar-refractivity contribution in [2.75, 3.05) is 19.5 Å². The van der Waals surface area contributed by atoms with Gasteiger partial charge in [-0.1, -0.05) is 23.9 Å². The van der Waals surface area contributed by atoms with Crippen molar-refractivity contribution in [1.29, 1.82) is 0 Å². The van der Waals surface area contributed by atoms with Crippen LogP contribution in [-0.2, 0) is 11.3 Å². The number of aromatic nitrogens is 2. The fourth-order valence-electron chi connectivity index (χ4n) is 2.69. The Morgan fingerprint density at radius 1 is 1.10 bits per heavy atom. The lowest BCUT2D eigenvalue weighted by molar-refractivity contribution is -0.118. The van der Waals surface area contributed by atoms with Crippen LogP contribution in [0.4, 0.5) is 0 Å². The molecule has 1 N–H and O–H groups in total. The van der Waals surface area contributed by atoms with Gasteiger partial charge >= 0.3 is 0 Å². The van der Waals surface area contributed by atoms with Crippen LogP contribution in [0.3, 0.4) is 0 Å². The van der Waals surface area contributed by atoms with Crippen LogP contribution in [-0.4, -0.2) is 34.9 Å². The van der Waals surface area contributed by atoms with Gasteiger partial charge in [0, 0.05) is 24.6 Å². The molecule has 156 valence electrons. The van der Waals surface area contributed by atoms with Crippen molar-refractivity contribution in [3.63, 3.8) is 0 Å². The molecule has 1 amide bonds. The summed E-state index contributed by atoms with van der Waals surface area (Å²) in [5.74, 6) is 1.44. The fourth-order valence-corrected chi connectivity index (χ4v) is 3.42. The zero-order chi connectivity index (χ0) is 21.3. The second-order valence-corrected chi connectivity index (χ2v) is 7.21. The Morgan fingerprint density at radius 2 is 1.80 bits per heavy atom. The van der Waals surface area contributed by atoms with Gasteiger partial charge in [0.15, 0.2) is 5.03 Å². The Balaban J connectivity index is 1.59. The predicted octanol–water partition coefficient (Wildman–Crippen LogP) is 3.05. The molecule has 0 saturated carbocycles. The van der Waals surface area contributed by atoms with Crippen LogP contribution in [0, 0.1) is 0 Å². The lowest BCUT2D eigenvalue weighted by Crippen LogP contribution is -2.26. The average Bonchev–Trinajstić information content (AvgIpc) is 2.78. The minimum absolute atomic E-state index is 0.103. The number of carbonyl (C=O) groups excluding carboxylic acids is 1. The van der Waals surface area contributed by atoms with Gasteiger partial charge in [-0.3, -0.25) is 14.2 Å². The summed E-state index contributed by atoms with van der Waals surface area (Å²) in [6.07, 6.45) is 3.15. The third-order valence-corrected chi connectivity index (χ3v) is 5.18. The highest BCUT2D eigenvalue weighted by Gasteiger charge is 2.10. The van der Waals surface area contributed by atoms with Crippen LogP contribution < -0.4 is 20.3 Å². The number of carbonyl (C=O) groups is 1. The SMILES string of the molecule is CCOc1ccc(-n2ccnc(SCC(=O)NCc3ccc(OC)cc3)c2=O)cc1. The van der Waals surface area contributed by atoms with Crippen LogP contribution in [0.2, 0.25) is 0 Å². The van der Waals surface area contributed by atoms with E-state index in [0.717, 1.165) is 28.8 Å². The molecule has 1 aromatic heterocycles. The summed E-state index contributed by atoms with van der Waals surface area (Å²) in [7, 11) is 1.61. The predicted molar refractivity (Wildman–Crippen MR) is 117 cm³/mol. The molecule has 0 aliphatic carbocycles. The van der Waals surface area contributed by atoms with Crippen molar-refractivity contribution in [3.8, 4) is 17.2 Å². The topological polar surface area (TPSA) is 82.5 Å². The Morgan fingerprint density at radius 3 is 2.47 bits per heavy atom. The van der Waals surface area contributed by atoms with Crippen molar-refractivity contribution in [1.82, 2.24) is 14.9 Å². The van der Waals surface area contributed by atoms with E-state index in [1.807, 2.05) is 55.5 Å². The van der Waals surface area contributed by atoms with Gasteiger partial charge in [0.05, 0.1) is 19.5 Å². The number of nitrogens with zero attached hydrogens (tertiary/aromatic N) is 2. The third-order valence-electron chi connectivity index (χ3n) is 4.22. The summed E-state index contributed by atoms with van der Waals surface area (Å²) in [6.45, 7) is 2.90. The lowest BCUT2D eigenvalue weighted by Gasteiger charge is -2.09. The van der Waals surface area contributed by atoms with E-state index in [1.54, 1.807) is 19.5 Å². The quantitative estimate of drug-likeness (QED) is 0.531. The standard InChI is InChI=1S/C22H23N3O4S/c1-3-29-19-10-6-17(7-11-19)25-13-12-23-21(22(25)27)30-15-20(26)24-14-16-4-8-18(28-2)9-5-16/h4-13H,3,14-15H2,1-2H3,(H,24,26). The van der Waals surface area contributed by atoms with Gasteiger partial charge in [-0.15, -0.1) is 0 Å². The highest BCUT2D eigenvalue weighted by atomic mass is 32.2. The molecule has 2 aromatic carbocycles. The van der Waals surface area contributed by atoms with E-state index in [0.29, 0.717) is 18.8 Å². The minimum atomic E-state index is -0.269. The van der Waals surface area contributed by atoms with Gasteiger partial charge < -0.3 is 14.8 Å². The first-order chi connectivity index (χ1) is 14.6. The molecule has 0 bridgehead atoms.